The molecule has 74 valence electrons. The summed E-state index contributed by atoms with van der Waals surface area (Å²) in [5.41, 5.74) is 0. The molecule has 0 spiro atoms. The highest BCUT2D eigenvalue weighted by Gasteiger charge is 2.07. The lowest BCUT2D eigenvalue weighted by Crippen LogP contribution is -2.23. The van der Waals surface area contributed by atoms with Crippen molar-refractivity contribution in [1.82, 2.24) is 10.3 Å². The molecule has 1 aromatic rings. The van der Waals surface area contributed by atoms with E-state index in [1.54, 1.807) is 6.20 Å². The van der Waals surface area contributed by atoms with Gasteiger partial charge in [-0.1, -0.05) is 0 Å². The van der Waals surface area contributed by atoms with Gasteiger partial charge in [0.2, 0.25) is 0 Å². The van der Waals surface area contributed by atoms with Gasteiger partial charge in [-0.2, -0.15) is 0 Å². The molecule has 0 radical (unpaired) electrons. The van der Waals surface area contributed by atoms with Crippen LogP contribution >= 0.6 is 11.3 Å². The lowest BCUT2D eigenvalue weighted by molar-refractivity contribution is 0.0957. The van der Waals surface area contributed by atoms with Crippen LogP contribution < -0.4 is 5.32 Å². The Hall–Kier alpha value is -1.34. The van der Waals surface area contributed by atoms with Gasteiger partial charge in [0.05, 0.1) is 11.2 Å². The second-order valence-electron chi connectivity index (χ2n) is 2.81. The number of nitrogens with one attached hydrogen (secondary N) is 1. The fourth-order valence-corrected chi connectivity index (χ4v) is 1.64. The smallest absolute Gasteiger partial charge is 0.263 e. The third-order valence-electron chi connectivity index (χ3n) is 1.63. The van der Waals surface area contributed by atoms with Gasteiger partial charge in [-0.25, -0.2) is 4.98 Å². The van der Waals surface area contributed by atoms with Crippen molar-refractivity contribution in [3.05, 3.63) is 16.1 Å². The van der Waals surface area contributed by atoms with Gasteiger partial charge < -0.3 is 5.32 Å². The molecular formula is C10H12N2OS. The minimum Gasteiger partial charge on any atom is -0.351 e. The fraction of sp³-hybridized carbons (Fsp3) is 0.400. The molecule has 0 fully saturated rings. The largest absolute Gasteiger partial charge is 0.351 e. The van der Waals surface area contributed by atoms with Gasteiger partial charge in [-0.3, -0.25) is 4.79 Å². The number of carbonyl (C=O) groups excluding carboxylic acids is 1. The third-order valence-corrected chi connectivity index (χ3v) is 2.54. The summed E-state index contributed by atoms with van der Waals surface area (Å²) in [6, 6.07) is 0. The normalized spacial score (nSPS) is 9.43. The first-order valence-corrected chi connectivity index (χ1v) is 5.20. The maximum atomic E-state index is 11.4. The predicted molar refractivity (Wildman–Crippen MR) is 57.3 cm³/mol. The van der Waals surface area contributed by atoms with Crippen LogP contribution in [0, 0.1) is 19.3 Å². The fourth-order valence-electron chi connectivity index (χ4n) is 0.946. The van der Waals surface area contributed by atoms with Gasteiger partial charge in [0.25, 0.3) is 5.91 Å². The van der Waals surface area contributed by atoms with Gasteiger partial charge in [0.15, 0.2) is 0 Å². The highest BCUT2D eigenvalue weighted by molar-refractivity contribution is 7.13. The molecule has 1 N–H and O–H groups in total. The maximum absolute atomic E-state index is 11.4. The Morgan fingerprint density at radius 3 is 3.14 bits per heavy atom. The minimum atomic E-state index is -0.0624. The number of nitrogens with zero attached hydrogens (tertiary/aromatic N) is 1. The lowest BCUT2D eigenvalue weighted by Gasteiger charge is -1.99. The highest BCUT2D eigenvalue weighted by Crippen LogP contribution is 2.10. The van der Waals surface area contributed by atoms with Crippen LogP contribution in [0.1, 0.15) is 27.5 Å². The van der Waals surface area contributed by atoms with Crippen molar-refractivity contribution in [3.63, 3.8) is 0 Å². The first-order valence-electron chi connectivity index (χ1n) is 4.38. The third kappa shape index (κ3) is 3.19. The van der Waals surface area contributed by atoms with E-state index in [9.17, 15) is 4.79 Å². The van der Waals surface area contributed by atoms with Crippen molar-refractivity contribution >= 4 is 17.2 Å². The number of amides is 1. The molecule has 4 heteroatoms. The summed E-state index contributed by atoms with van der Waals surface area (Å²) in [5.74, 6) is 2.46. The molecule has 14 heavy (non-hydrogen) atoms. The van der Waals surface area contributed by atoms with E-state index in [1.165, 1.54) is 11.3 Å². The van der Waals surface area contributed by atoms with Crippen LogP contribution in [-0.4, -0.2) is 17.4 Å². The highest BCUT2D eigenvalue weighted by atomic mass is 32.1. The van der Waals surface area contributed by atoms with Crippen LogP contribution in [0.2, 0.25) is 0 Å². The molecule has 0 aliphatic heterocycles. The number of hydrogen-bond donors (Lipinski definition) is 1. The first-order chi connectivity index (χ1) is 6.74. The number of aromatic nitrogens is 1. The monoisotopic (exact) mass is 208 g/mol. The molecule has 0 unspecified atom stereocenters. The molecule has 0 aliphatic rings. The summed E-state index contributed by atoms with van der Waals surface area (Å²) < 4.78 is 0. The van der Waals surface area contributed by atoms with Crippen molar-refractivity contribution in [2.75, 3.05) is 6.54 Å². The summed E-state index contributed by atoms with van der Waals surface area (Å²) in [7, 11) is 0. The molecule has 0 atom stereocenters. The second kappa shape index (κ2) is 5.40. The molecule has 0 aliphatic carbocycles. The minimum absolute atomic E-state index is 0.0624. The van der Waals surface area contributed by atoms with E-state index in [4.69, 9.17) is 6.42 Å². The van der Waals surface area contributed by atoms with Crippen LogP contribution in [0.4, 0.5) is 0 Å². The SMILES string of the molecule is C#CCCCNC(=O)c1cnc(C)s1. The Kier molecular flexibility index (Phi) is 4.14. The van der Waals surface area contributed by atoms with Crippen molar-refractivity contribution in [2.24, 2.45) is 0 Å². The van der Waals surface area contributed by atoms with E-state index < -0.39 is 0 Å². The zero-order valence-electron chi connectivity index (χ0n) is 8.04. The Morgan fingerprint density at radius 1 is 1.79 bits per heavy atom. The lowest BCUT2D eigenvalue weighted by atomic mass is 10.3. The molecular weight excluding hydrogens is 196 g/mol. The zero-order chi connectivity index (χ0) is 10.4. The maximum Gasteiger partial charge on any atom is 0.263 e. The summed E-state index contributed by atoms with van der Waals surface area (Å²) >= 11 is 1.40. The Labute approximate surface area is 87.6 Å². The standard InChI is InChI=1S/C10H12N2OS/c1-3-4-5-6-11-10(13)9-7-12-8(2)14-9/h1,7H,4-6H2,2H3,(H,11,13). The Balaban J connectivity index is 2.33. The van der Waals surface area contributed by atoms with E-state index in [1.807, 2.05) is 6.92 Å². The number of terminal acetylenes is 1. The first kappa shape index (κ1) is 10.7. The van der Waals surface area contributed by atoms with E-state index in [-0.39, 0.29) is 5.91 Å². The van der Waals surface area contributed by atoms with Gasteiger partial charge in [-0.15, -0.1) is 23.7 Å². The molecule has 1 heterocycles. The van der Waals surface area contributed by atoms with Gasteiger partial charge in [0, 0.05) is 13.0 Å². The van der Waals surface area contributed by atoms with Crippen LogP contribution in [0.3, 0.4) is 0 Å². The summed E-state index contributed by atoms with van der Waals surface area (Å²) in [6.45, 7) is 2.50. The van der Waals surface area contributed by atoms with E-state index >= 15 is 0 Å². The average molecular weight is 208 g/mol. The quantitative estimate of drug-likeness (QED) is 0.603. The number of thiazole rings is 1. The van der Waals surface area contributed by atoms with Crippen LogP contribution in [0.15, 0.2) is 6.20 Å². The number of carbonyl (C=O) groups is 1. The number of unbranched alkanes of at least 4 members (excludes halogenated alkanes) is 1. The van der Waals surface area contributed by atoms with Crippen molar-refractivity contribution in [2.45, 2.75) is 19.8 Å². The topological polar surface area (TPSA) is 42.0 Å². The molecule has 1 aromatic heterocycles. The van der Waals surface area contributed by atoms with Crippen LogP contribution in [0.5, 0.6) is 0 Å². The second-order valence-corrected chi connectivity index (χ2v) is 4.04. The number of aryl methyl sites for hydroxylation is 1. The van der Waals surface area contributed by atoms with Crippen LogP contribution in [-0.2, 0) is 0 Å². The Morgan fingerprint density at radius 2 is 2.57 bits per heavy atom. The van der Waals surface area contributed by atoms with E-state index in [0.717, 1.165) is 11.4 Å². The van der Waals surface area contributed by atoms with Crippen molar-refractivity contribution in [1.29, 1.82) is 0 Å². The summed E-state index contributed by atoms with van der Waals surface area (Å²) in [6.07, 6.45) is 8.20. The molecule has 3 nitrogen and oxygen atoms in total. The number of rotatable bonds is 4. The van der Waals surface area contributed by atoms with Gasteiger partial charge in [-0.05, 0) is 13.3 Å². The molecule has 0 saturated heterocycles. The Bertz CT molecular complexity index is 351. The summed E-state index contributed by atoms with van der Waals surface area (Å²) in [4.78, 5) is 16.1. The van der Waals surface area contributed by atoms with E-state index in [0.29, 0.717) is 17.8 Å². The molecule has 1 rings (SSSR count). The van der Waals surface area contributed by atoms with Gasteiger partial charge >= 0.3 is 0 Å². The molecule has 0 aromatic carbocycles. The summed E-state index contributed by atoms with van der Waals surface area (Å²) in [5, 5.41) is 3.68. The zero-order valence-corrected chi connectivity index (χ0v) is 8.86. The molecule has 0 saturated carbocycles. The number of hydrogen-bond acceptors (Lipinski definition) is 3. The molecule has 1 amide bonds. The van der Waals surface area contributed by atoms with Crippen molar-refractivity contribution in [3.8, 4) is 12.3 Å². The molecule has 0 bridgehead atoms. The van der Waals surface area contributed by atoms with Crippen molar-refractivity contribution < 1.29 is 4.79 Å². The predicted octanol–water partition coefficient (Wildman–Crippen LogP) is 1.59. The van der Waals surface area contributed by atoms with Crippen LogP contribution in [0.25, 0.3) is 0 Å². The van der Waals surface area contributed by atoms with Gasteiger partial charge in [0.1, 0.15) is 4.88 Å². The van der Waals surface area contributed by atoms with E-state index in [2.05, 4.69) is 16.2 Å². The average Bonchev–Trinajstić information content (AvgIpc) is 2.59.